The molecule has 0 aromatic heterocycles. The van der Waals surface area contributed by atoms with Gasteiger partial charge >= 0.3 is 5.97 Å². The van der Waals surface area contributed by atoms with E-state index in [1.807, 2.05) is 0 Å². The molecule has 0 heterocycles. The quantitative estimate of drug-likeness (QED) is 0.708. The van der Waals surface area contributed by atoms with Gasteiger partial charge in [-0.1, -0.05) is 6.07 Å². The number of carboxylic acids is 1. The normalized spacial score (nSPS) is 15.1. The Kier molecular flexibility index (Phi) is 4.97. The maximum Gasteiger partial charge on any atom is 0.335 e. The molecule has 0 saturated heterocycles. The molecule has 1 aromatic carbocycles. The van der Waals surface area contributed by atoms with Crippen molar-refractivity contribution < 1.29 is 23.1 Å². The Morgan fingerprint density at radius 3 is 2.76 bits per heavy atom. The van der Waals surface area contributed by atoms with Gasteiger partial charge in [-0.15, -0.1) is 0 Å². The molecule has 0 bridgehead atoms. The lowest BCUT2D eigenvalue weighted by molar-refractivity contribution is 0.0696. The van der Waals surface area contributed by atoms with E-state index in [2.05, 4.69) is 4.72 Å². The van der Waals surface area contributed by atoms with E-state index in [1.165, 1.54) is 38.0 Å². The van der Waals surface area contributed by atoms with Crippen LogP contribution in [0.2, 0.25) is 0 Å². The van der Waals surface area contributed by atoms with E-state index in [0.717, 1.165) is 0 Å². The van der Waals surface area contributed by atoms with E-state index in [1.54, 1.807) is 0 Å². The summed E-state index contributed by atoms with van der Waals surface area (Å²) in [7, 11) is -3.73. The van der Waals surface area contributed by atoms with Gasteiger partial charge in [0.15, 0.2) is 0 Å². The maximum absolute atomic E-state index is 12.2. The van der Waals surface area contributed by atoms with E-state index >= 15 is 0 Å². The minimum Gasteiger partial charge on any atom is -0.478 e. The number of carboxylic acid groups (broad SMARTS) is 1. The van der Waals surface area contributed by atoms with E-state index in [9.17, 15) is 13.2 Å². The summed E-state index contributed by atoms with van der Waals surface area (Å²) in [6.07, 6.45) is 2.37. The molecule has 0 radical (unpaired) electrons. The second-order valence-electron chi connectivity index (χ2n) is 5.15. The topological polar surface area (TPSA) is 92.7 Å². The highest BCUT2D eigenvalue weighted by Crippen LogP contribution is 2.28. The lowest BCUT2D eigenvalue weighted by atomic mass is 10.1. The zero-order valence-corrected chi connectivity index (χ0v) is 12.6. The summed E-state index contributed by atoms with van der Waals surface area (Å²) in [4.78, 5) is 11.0. The third-order valence-corrected chi connectivity index (χ3v) is 5.00. The average Bonchev–Trinajstić information content (AvgIpc) is 3.22. The molecule has 0 atom stereocenters. The number of ether oxygens (including phenoxy) is 1. The third-order valence-electron chi connectivity index (χ3n) is 3.39. The summed E-state index contributed by atoms with van der Waals surface area (Å²) in [6, 6.07) is 4.21. The second-order valence-corrected chi connectivity index (χ2v) is 6.89. The van der Waals surface area contributed by atoms with Gasteiger partial charge < -0.3 is 9.84 Å². The Morgan fingerprint density at radius 2 is 2.14 bits per heavy atom. The number of carbonyl (C=O) groups is 1. The van der Waals surface area contributed by atoms with Gasteiger partial charge in [0.25, 0.3) is 0 Å². The predicted molar refractivity (Wildman–Crippen MR) is 76.9 cm³/mol. The molecule has 2 rings (SSSR count). The molecule has 0 spiro atoms. The van der Waals surface area contributed by atoms with Gasteiger partial charge in [-0.3, -0.25) is 0 Å². The first-order valence-electron chi connectivity index (χ1n) is 6.82. The zero-order valence-electron chi connectivity index (χ0n) is 11.8. The lowest BCUT2D eigenvalue weighted by Gasteiger charge is -2.11. The van der Waals surface area contributed by atoms with Crippen LogP contribution in [-0.2, 0) is 14.8 Å². The zero-order chi connectivity index (χ0) is 15.5. The fourth-order valence-corrected chi connectivity index (χ4v) is 3.28. The SMILES string of the molecule is Cc1c(C(=O)O)cccc1S(=O)(=O)NCCOCC1CC1. The fourth-order valence-electron chi connectivity index (χ4n) is 2.00. The van der Waals surface area contributed by atoms with Gasteiger partial charge in [-0.25, -0.2) is 17.9 Å². The molecule has 7 heteroatoms. The number of benzene rings is 1. The van der Waals surface area contributed by atoms with Crippen molar-refractivity contribution in [3.05, 3.63) is 29.3 Å². The first-order chi connectivity index (χ1) is 9.92. The van der Waals surface area contributed by atoms with Crippen molar-refractivity contribution in [2.75, 3.05) is 19.8 Å². The number of hydrogen-bond acceptors (Lipinski definition) is 4. The number of hydrogen-bond donors (Lipinski definition) is 2. The van der Waals surface area contributed by atoms with Crippen LogP contribution >= 0.6 is 0 Å². The smallest absolute Gasteiger partial charge is 0.335 e. The molecule has 0 amide bonds. The van der Waals surface area contributed by atoms with Crippen molar-refractivity contribution in [2.45, 2.75) is 24.7 Å². The van der Waals surface area contributed by atoms with Crippen molar-refractivity contribution in [1.82, 2.24) is 4.72 Å². The molecule has 1 aliphatic carbocycles. The minimum atomic E-state index is -3.73. The lowest BCUT2D eigenvalue weighted by Crippen LogP contribution is -2.28. The van der Waals surface area contributed by atoms with E-state index in [-0.39, 0.29) is 22.6 Å². The van der Waals surface area contributed by atoms with Crippen LogP contribution in [0.3, 0.4) is 0 Å². The van der Waals surface area contributed by atoms with Crippen LogP contribution in [0.25, 0.3) is 0 Å². The maximum atomic E-state index is 12.2. The van der Waals surface area contributed by atoms with Gasteiger partial charge in [0.1, 0.15) is 0 Å². The van der Waals surface area contributed by atoms with Crippen LogP contribution in [0.4, 0.5) is 0 Å². The Balaban J connectivity index is 1.97. The van der Waals surface area contributed by atoms with Gasteiger partial charge in [0.2, 0.25) is 10.0 Å². The highest BCUT2D eigenvalue weighted by molar-refractivity contribution is 7.89. The number of nitrogens with one attached hydrogen (secondary N) is 1. The van der Waals surface area contributed by atoms with Gasteiger partial charge in [0, 0.05) is 13.2 Å². The Bertz CT molecular complexity index is 622. The van der Waals surface area contributed by atoms with Crippen molar-refractivity contribution in [2.24, 2.45) is 5.92 Å². The van der Waals surface area contributed by atoms with Crippen LogP contribution in [0.1, 0.15) is 28.8 Å². The molecule has 1 aliphatic rings. The van der Waals surface area contributed by atoms with Crippen LogP contribution in [-0.4, -0.2) is 39.3 Å². The summed E-state index contributed by atoms with van der Waals surface area (Å²) in [5, 5.41) is 9.02. The molecule has 6 nitrogen and oxygen atoms in total. The van der Waals surface area contributed by atoms with Crippen LogP contribution in [0, 0.1) is 12.8 Å². The highest BCUT2D eigenvalue weighted by Gasteiger charge is 2.22. The van der Waals surface area contributed by atoms with Crippen molar-refractivity contribution in [1.29, 1.82) is 0 Å². The molecule has 1 saturated carbocycles. The molecule has 1 fully saturated rings. The Labute approximate surface area is 124 Å². The first kappa shape index (κ1) is 15.9. The predicted octanol–water partition coefficient (Wildman–Crippen LogP) is 1.40. The Morgan fingerprint density at radius 1 is 1.43 bits per heavy atom. The van der Waals surface area contributed by atoms with Crippen LogP contribution < -0.4 is 4.72 Å². The van der Waals surface area contributed by atoms with E-state index in [0.29, 0.717) is 19.1 Å². The van der Waals surface area contributed by atoms with Crippen LogP contribution in [0.15, 0.2) is 23.1 Å². The van der Waals surface area contributed by atoms with Gasteiger partial charge in [-0.05, 0) is 43.4 Å². The summed E-state index contributed by atoms with van der Waals surface area (Å²) in [5.74, 6) is -0.506. The van der Waals surface area contributed by atoms with Gasteiger partial charge in [0.05, 0.1) is 17.1 Å². The van der Waals surface area contributed by atoms with Crippen molar-refractivity contribution >= 4 is 16.0 Å². The highest BCUT2D eigenvalue weighted by atomic mass is 32.2. The molecule has 2 N–H and O–H groups in total. The Hall–Kier alpha value is -1.44. The van der Waals surface area contributed by atoms with Gasteiger partial charge in [-0.2, -0.15) is 0 Å². The standard InChI is InChI=1S/C14H19NO5S/c1-10-12(14(16)17)3-2-4-13(10)21(18,19)15-7-8-20-9-11-5-6-11/h2-4,11,15H,5-9H2,1H3,(H,16,17). The molecular weight excluding hydrogens is 294 g/mol. The fraction of sp³-hybridized carbons (Fsp3) is 0.500. The molecule has 116 valence electrons. The number of rotatable bonds is 8. The molecule has 1 aromatic rings. The summed E-state index contributed by atoms with van der Waals surface area (Å²) >= 11 is 0. The summed E-state index contributed by atoms with van der Waals surface area (Å²) < 4.78 is 32.1. The number of sulfonamides is 1. The summed E-state index contributed by atoms with van der Waals surface area (Å²) in [6.45, 7) is 2.65. The second kappa shape index (κ2) is 6.55. The summed E-state index contributed by atoms with van der Waals surface area (Å²) in [5.41, 5.74) is 0.222. The largest absolute Gasteiger partial charge is 0.478 e. The average molecular weight is 313 g/mol. The third kappa shape index (κ3) is 4.26. The van der Waals surface area contributed by atoms with Crippen LogP contribution in [0.5, 0.6) is 0 Å². The monoisotopic (exact) mass is 313 g/mol. The van der Waals surface area contributed by atoms with Crippen molar-refractivity contribution in [3.8, 4) is 0 Å². The van der Waals surface area contributed by atoms with E-state index in [4.69, 9.17) is 9.84 Å². The molecule has 0 aliphatic heterocycles. The number of aromatic carboxylic acids is 1. The van der Waals surface area contributed by atoms with Crippen molar-refractivity contribution in [3.63, 3.8) is 0 Å². The first-order valence-corrected chi connectivity index (χ1v) is 8.30. The molecule has 0 unspecified atom stereocenters. The van der Waals surface area contributed by atoms with E-state index < -0.39 is 16.0 Å². The minimum absolute atomic E-state index is 0.00964. The molecule has 21 heavy (non-hydrogen) atoms. The molecular formula is C14H19NO5S.